The van der Waals surface area contributed by atoms with Gasteiger partial charge in [-0.25, -0.2) is 0 Å². The fourth-order valence-corrected chi connectivity index (χ4v) is 4.89. The Morgan fingerprint density at radius 3 is 2.68 bits per heavy atom. The van der Waals surface area contributed by atoms with Crippen molar-refractivity contribution in [3.63, 3.8) is 0 Å². The molecule has 0 aromatic rings. The molecule has 0 aliphatic heterocycles. The maximum Gasteiger partial charge on any atom is 0.0923 e. The zero-order valence-electron chi connectivity index (χ0n) is 14.2. The molecule has 0 unspecified atom stereocenters. The highest BCUT2D eigenvalue weighted by Crippen LogP contribution is 2.58. The van der Waals surface area contributed by atoms with Crippen molar-refractivity contribution in [2.45, 2.75) is 63.3 Å². The molecule has 0 saturated heterocycles. The Labute approximate surface area is 144 Å². The summed E-state index contributed by atoms with van der Waals surface area (Å²) in [7, 11) is 0. The molecule has 122 valence electrons. The van der Waals surface area contributed by atoms with Gasteiger partial charge in [-0.1, -0.05) is 65.4 Å². The molecule has 22 heavy (non-hydrogen) atoms. The van der Waals surface area contributed by atoms with E-state index < -0.39 is 5.60 Å². The molecular weight excluding hydrogens is 336 g/mol. The van der Waals surface area contributed by atoms with Crippen LogP contribution in [0.2, 0.25) is 0 Å². The third kappa shape index (κ3) is 3.05. The van der Waals surface area contributed by atoms with Gasteiger partial charge in [0.25, 0.3) is 0 Å². The molecule has 0 spiro atoms. The van der Waals surface area contributed by atoms with Crippen molar-refractivity contribution in [1.82, 2.24) is 0 Å². The van der Waals surface area contributed by atoms with E-state index in [4.69, 9.17) is 0 Å². The SMILES string of the molecule is C=C(C)/C=C/C=C(\C)[C@@H]1CC[C@@]2(C)[C@H](Br)CCC(=C)[C@]2(O)C1. The highest BCUT2D eigenvalue weighted by atomic mass is 79.9. The zero-order chi connectivity index (χ0) is 16.5. The van der Waals surface area contributed by atoms with E-state index in [0.29, 0.717) is 10.7 Å². The fraction of sp³-hybridized carbons (Fsp3) is 0.600. The number of halogens is 1. The standard InChI is InChI=1S/C20H29BrO/c1-14(2)7-6-8-15(3)17-11-12-19(5)18(21)10-9-16(4)20(19,22)13-17/h6-8,17-18,22H,1,4,9-13H2,2-3,5H3/b7-6+,15-8+/t17-,18-,19+,20-/m1/s1. The van der Waals surface area contributed by atoms with Gasteiger partial charge in [0.05, 0.1) is 5.60 Å². The Morgan fingerprint density at radius 2 is 2.05 bits per heavy atom. The van der Waals surface area contributed by atoms with E-state index in [1.807, 2.05) is 13.0 Å². The molecule has 1 N–H and O–H groups in total. The molecule has 0 aromatic heterocycles. The third-order valence-corrected chi connectivity index (χ3v) is 7.33. The van der Waals surface area contributed by atoms with Crippen molar-refractivity contribution in [3.05, 3.63) is 48.1 Å². The van der Waals surface area contributed by atoms with E-state index in [2.05, 4.69) is 55.1 Å². The van der Waals surface area contributed by atoms with Crippen LogP contribution in [0.5, 0.6) is 0 Å². The average Bonchev–Trinajstić information content (AvgIpc) is 2.45. The number of hydrogen-bond acceptors (Lipinski definition) is 1. The molecule has 2 aliphatic rings. The van der Waals surface area contributed by atoms with Gasteiger partial charge < -0.3 is 5.11 Å². The molecule has 0 bridgehead atoms. The van der Waals surface area contributed by atoms with Crippen LogP contribution in [-0.2, 0) is 0 Å². The third-order valence-electron chi connectivity index (χ3n) is 5.86. The molecule has 0 radical (unpaired) electrons. The number of rotatable bonds is 3. The molecule has 0 amide bonds. The lowest BCUT2D eigenvalue weighted by atomic mass is 9.53. The molecule has 0 heterocycles. The van der Waals surface area contributed by atoms with E-state index in [9.17, 15) is 5.11 Å². The van der Waals surface area contributed by atoms with E-state index in [0.717, 1.165) is 43.3 Å². The van der Waals surface area contributed by atoms with Gasteiger partial charge in [-0.15, -0.1) is 0 Å². The predicted octanol–water partition coefficient (Wildman–Crippen LogP) is 5.72. The lowest BCUT2D eigenvalue weighted by Gasteiger charge is -2.57. The second-order valence-corrected chi connectivity index (χ2v) is 8.55. The molecule has 2 heteroatoms. The minimum Gasteiger partial charge on any atom is -0.385 e. The number of aliphatic hydroxyl groups is 1. The van der Waals surface area contributed by atoms with Gasteiger partial charge in [0, 0.05) is 10.2 Å². The van der Waals surface area contributed by atoms with E-state index in [1.54, 1.807) is 0 Å². The zero-order valence-corrected chi connectivity index (χ0v) is 15.7. The highest BCUT2D eigenvalue weighted by Gasteiger charge is 2.57. The van der Waals surface area contributed by atoms with Crippen LogP contribution in [0.15, 0.2) is 48.1 Å². The molecule has 2 aliphatic carbocycles. The van der Waals surface area contributed by atoms with E-state index in [-0.39, 0.29) is 5.41 Å². The van der Waals surface area contributed by atoms with Crippen molar-refractivity contribution in [2.75, 3.05) is 0 Å². The first kappa shape index (κ1) is 17.7. The Kier molecular flexibility index (Phi) is 5.23. The Bertz CT molecular complexity index is 530. The quantitative estimate of drug-likeness (QED) is 0.385. The van der Waals surface area contributed by atoms with Crippen LogP contribution in [0.3, 0.4) is 0 Å². The van der Waals surface area contributed by atoms with Crippen molar-refractivity contribution in [3.8, 4) is 0 Å². The summed E-state index contributed by atoms with van der Waals surface area (Å²) < 4.78 is 0. The second-order valence-electron chi connectivity index (χ2n) is 7.44. The molecule has 0 aromatic carbocycles. The summed E-state index contributed by atoms with van der Waals surface area (Å²) in [5, 5.41) is 11.4. The van der Waals surface area contributed by atoms with Gasteiger partial charge in [-0.05, 0) is 57.4 Å². The summed E-state index contributed by atoms with van der Waals surface area (Å²) in [6, 6.07) is 0. The van der Waals surface area contributed by atoms with E-state index in [1.165, 1.54) is 5.57 Å². The van der Waals surface area contributed by atoms with E-state index >= 15 is 0 Å². The summed E-state index contributed by atoms with van der Waals surface area (Å²) in [4.78, 5) is 0.379. The van der Waals surface area contributed by atoms with Crippen molar-refractivity contribution in [2.24, 2.45) is 11.3 Å². The minimum absolute atomic E-state index is 0.0906. The van der Waals surface area contributed by atoms with Crippen LogP contribution in [0.25, 0.3) is 0 Å². The van der Waals surface area contributed by atoms with Crippen molar-refractivity contribution < 1.29 is 5.11 Å². The Balaban J connectivity index is 2.21. The van der Waals surface area contributed by atoms with Gasteiger partial charge in [0.15, 0.2) is 0 Å². The summed E-state index contributed by atoms with van der Waals surface area (Å²) in [6.45, 7) is 14.5. The average molecular weight is 365 g/mol. The molecule has 4 atom stereocenters. The van der Waals surface area contributed by atoms with Crippen molar-refractivity contribution >= 4 is 15.9 Å². The van der Waals surface area contributed by atoms with Crippen LogP contribution in [-0.4, -0.2) is 15.5 Å². The molecule has 2 saturated carbocycles. The first-order chi connectivity index (χ1) is 10.2. The van der Waals surface area contributed by atoms with Gasteiger partial charge in [-0.2, -0.15) is 0 Å². The van der Waals surface area contributed by atoms with Crippen LogP contribution in [0.4, 0.5) is 0 Å². The lowest BCUT2D eigenvalue weighted by Crippen LogP contribution is -2.58. The normalized spacial score (nSPS) is 39.9. The lowest BCUT2D eigenvalue weighted by molar-refractivity contribution is -0.101. The molecule has 1 nitrogen and oxygen atoms in total. The number of hydrogen-bond donors (Lipinski definition) is 1. The van der Waals surface area contributed by atoms with Crippen LogP contribution >= 0.6 is 15.9 Å². The Hall–Kier alpha value is -0.600. The van der Waals surface area contributed by atoms with Crippen LogP contribution in [0.1, 0.15) is 52.9 Å². The number of allylic oxidation sites excluding steroid dienone is 5. The minimum atomic E-state index is -0.741. The topological polar surface area (TPSA) is 20.2 Å². The summed E-state index contributed by atoms with van der Waals surface area (Å²) in [5.41, 5.74) is 2.60. The summed E-state index contributed by atoms with van der Waals surface area (Å²) >= 11 is 3.83. The first-order valence-electron chi connectivity index (χ1n) is 8.26. The van der Waals surface area contributed by atoms with Gasteiger partial charge in [-0.3, -0.25) is 0 Å². The number of alkyl halides is 1. The van der Waals surface area contributed by atoms with Gasteiger partial charge >= 0.3 is 0 Å². The molecule has 2 rings (SSSR count). The monoisotopic (exact) mass is 364 g/mol. The van der Waals surface area contributed by atoms with Crippen molar-refractivity contribution in [1.29, 1.82) is 0 Å². The smallest absolute Gasteiger partial charge is 0.0923 e. The largest absolute Gasteiger partial charge is 0.385 e. The highest BCUT2D eigenvalue weighted by molar-refractivity contribution is 9.09. The summed E-state index contributed by atoms with van der Waals surface area (Å²) in [6.07, 6.45) is 11.2. The van der Waals surface area contributed by atoms with Crippen LogP contribution in [0, 0.1) is 11.3 Å². The van der Waals surface area contributed by atoms with Crippen LogP contribution < -0.4 is 0 Å². The first-order valence-corrected chi connectivity index (χ1v) is 9.17. The maximum atomic E-state index is 11.4. The van der Waals surface area contributed by atoms with Gasteiger partial charge in [0.1, 0.15) is 0 Å². The molecule has 2 fully saturated rings. The fourth-order valence-electron chi connectivity index (χ4n) is 4.05. The Morgan fingerprint density at radius 1 is 1.36 bits per heavy atom. The number of fused-ring (bicyclic) bond motifs is 1. The maximum absolute atomic E-state index is 11.4. The molecular formula is C20H29BrO. The van der Waals surface area contributed by atoms with Gasteiger partial charge in [0.2, 0.25) is 0 Å². The summed E-state index contributed by atoms with van der Waals surface area (Å²) in [5.74, 6) is 0.433. The second kappa shape index (κ2) is 6.49. The predicted molar refractivity (Wildman–Crippen MR) is 99.2 cm³/mol.